The summed E-state index contributed by atoms with van der Waals surface area (Å²) < 4.78 is 24.0. The van der Waals surface area contributed by atoms with Gasteiger partial charge < -0.3 is 15.8 Å². The van der Waals surface area contributed by atoms with Crippen molar-refractivity contribution < 1.29 is 13.5 Å². The summed E-state index contributed by atoms with van der Waals surface area (Å²) in [6.07, 6.45) is 2.78. The van der Waals surface area contributed by atoms with Crippen molar-refractivity contribution in [1.82, 2.24) is 0 Å². The number of anilines is 1. The smallest absolute Gasteiger partial charge is 0.175 e. The molecular formula is C27H29ClN2O3S. The van der Waals surface area contributed by atoms with Crippen LogP contribution in [0, 0.1) is 19.3 Å². The number of hydrogen-bond acceptors (Lipinski definition) is 5. The second-order valence-electron chi connectivity index (χ2n) is 8.92. The van der Waals surface area contributed by atoms with Crippen molar-refractivity contribution in [2.75, 3.05) is 11.6 Å². The number of nitrogens with one attached hydrogen (secondary N) is 2. The van der Waals surface area contributed by atoms with Crippen molar-refractivity contribution in [2.45, 2.75) is 38.2 Å². The predicted molar refractivity (Wildman–Crippen MR) is 142 cm³/mol. The van der Waals surface area contributed by atoms with Gasteiger partial charge in [0, 0.05) is 28.2 Å². The molecule has 0 aliphatic carbocycles. The molecule has 0 radical (unpaired) electrons. The van der Waals surface area contributed by atoms with Crippen LogP contribution in [-0.2, 0) is 9.84 Å². The second kappa shape index (κ2) is 9.74. The van der Waals surface area contributed by atoms with Gasteiger partial charge in [0.15, 0.2) is 9.84 Å². The SMILES string of the molecule is Cc1cc(-c2cccc(S(C)(=O)=O)c2)cc(C)c1N/C(=C\C(=N)C(C)(C)O)c1ccccc1Cl. The number of aliphatic hydroxyl groups is 1. The second-order valence-corrected chi connectivity index (χ2v) is 11.3. The molecule has 0 aliphatic rings. The minimum Gasteiger partial charge on any atom is -0.384 e. The molecule has 3 rings (SSSR count). The maximum Gasteiger partial charge on any atom is 0.175 e. The molecule has 0 heterocycles. The van der Waals surface area contributed by atoms with E-state index in [0.29, 0.717) is 16.3 Å². The number of benzene rings is 3. The molecule has 3 N–H and O–H groups in total. The first kappa shape index (κ1) is 25.7. The average Bonchev–Trinajstić information content (AvgIpc) is 2.74. The average molecular weight is 497 g/mol. The minimum atomic E-state index is -3.31. The molecule has 0 saturated heterocycles. The Morgan fingerprint density at radius 3 is 2.18 bits per heavy atom. The Morgan fingerprint density at radius 1 is 1.00 bits per heavy atom. The molecule has 0 spiro atoms. The monoisotopic (exact) mass is 496 g/mol. The van der Waals surface area contributed by atoms with Crippen molar-refractivity contribution in [2.24, 2.45) is 0 Å². The zero-order chi connectivity index (χ0) is 25.3. The van der Waals surface area contributed by atoms with Gasteiger partial charge in [-0.3, -0.25) is 0 Å². The highest BCUT2D eigenvalue weighted by molar-refractivity contribution is 7.90. The molecule has 34 heavy (non-hydrogen) atoms. The first-order chi connectivity index (χ1) is 15.8. The molecule has 0 saturated carbocycles. The highest BCUT2D eigenvalue weighted by atomic mass is 35.5. The first-order valence-electron chi connectivity index (χ1n) is 10.7. The van der Waals surface area contributed by atoms with E-state index in [1.807, 2.05) is 50.2 Å². The third kappa shape index (κ3) is 5.95. The Bertz CT molecular complexity index is 1360. The molecule has 0 amide bonds. The van der Waals surface area contributed by atoms with Gasteiger partial charge in [0.05, 0.1) is 10.6 Å². The van der Waals surface area contributed by atoms with Crippen LogP contribution >= 0.6 is 11.6 Å². The third-order valence-electron chi connectivity index (χ3n) is 5.50. The molecule has 178 valence electrons. The number of hydrogen-bond donors (Lipinski definition) is 3. The fourth-order valence-electron chi connectivity index (χ4n) is 3.55. The molecule has 7 heteroatoms. The van der Waals surface area contributed by atoms with Crippen LogP contribution in [0.1, 0.15) is 30.5 Å². The van der Waals surface area contributed by atoms with Gasteiger partial charge in [-0.15, -0.1) is 0 Å². The lowest BCUT2D eigenvalue weighted by Gasteiger charge is -2.21. The van der Waals surface area contributed by atoms with Crippen molar-refractivity contribution >= 4 is 38.5 Å². The van der Waals surface area contributed by atoms with Gasteiger partial charge in [0.1, 0.15) is 5.60 Å². The summed E-state index contributed by atoms with van der Waals surface area (Å²) >= 11 is 6.46. The van der Waals surface area contributed by atoms with Crippen LogP contribution in [0.4, 0.5) is 5.69 Å². The van der Waals surface area contributed by atoms with Gasteiger partial charge in [0.2, 0.25) is 0 Å². The molecule has 0 aliphatic heterocycles. The fraction of sp³-hybridized carbons (Fsp3) is 0.222. The van der Waals surface area contributed by atoms with Gasteiger partial charge in [-0.25, -0.2) is 8.42 Å². The summed E-state index contributed by atoms with van der Waals surface area (Å²) in [4.78, 5) is 0.275. The summed E-state index contributed by atoms with van der Waals surface area (Å²) in [6.45, 7) is 7.05. The van der Waals surface area contributed by atoms with Crippen molar-refractivity contribution in [3.63, 3.8) is 0 Å². The van der Waals surface area contributed by atoms with E-state index < -0.39 is 15.4 Å². The van der Waals surface area contributed by atoms with Crippen LogP contribution in [0.2, 0.25) is 5.02 Å². The van der Waals surface area contributed by atoms with Crippen LogP contribution in [0.15, 0.2) is 71.6 Å². The van der Waals surface area contributed by atoms with Crippen molar-refractivity contribution in [3.8, 4) is 11.1 Å². The maximum absolute atomic E-state index is 12.0. The lowest BCUT2D eigenvalue weighted by molar-refractivity contribution is 0.154. The highest BCUT2D eigenvalue weighted by Gasteiger charge is 2.20. The quantitative estimate of drug-likeness (QED) is 0.336. The Balaban J connectivity index is 2.08. The van der Waals surface area contributed by atoms with Crippen LogP contribution in [0.25, 0.3) is 16.8 Å². The molecule has 3 aromatic rings. The minimum absolute atomic E-state index is 0.0411. The Morgan fingerprint density at radius 2 is 1.62 bits per heavy atom. The topological polar surface area (TPSA) is 90.3 Å². The summed E-state index contributed by atoms with van der Waals surface area (Å²) in [7, 11) is -3.31. The Kier molecular flexibility index (Phi) is 7.36. The van der Waals surface area contributed by atoms with Crippen molar-refractivity contribution in [1.29, 1.82) is 5.41 Å². The lowest BCUT2D eigenvalue weighted by atomic mass is 9.97. The van der Waals surface area contributed by atoms with Gasteiger partial charge in [-0.2, -0.15) is 0 Å². The maximum atomic E-state index is 12.0. The molecule has 0 aromatic heterocycles. The Hall–Kier alpha value is -2.93. The molecule has 3 aromatic carbocycles. The fourth-order valence-corrected chi connectivity index (χ4v) is 4.45. The number of rotatable bonds is 7. The Labute approximate surface area is 206 Å². The van der Waals surface area contributed by atoms with E-state index in [4.69, 9.17) is 17.0 Å². The number of halogens is 1. The third-order valence-corrected chi connectivity index (χ3v) is 6.94. The van der Waals surface area contributed by atoms with E-state index in [2.05, 4.69) is 5.32 Å². The van der Waals surface area contributed by atoms with E-state index in [0.717, 1.165) is 27.9 Å². The van der Waals surface area contributed by atoms with Crippen LogP contribution in [0.3, 0.4) is 0 Å². The van der Waals surface area contributed by atoms with Crippen LogP contribution < -0.4 is 5.32 Å². The summed E-state index contributed by atoms with van der Waals surface area (Å²) in [6, 6.07) is 18.2. The van der Waals surface area contributed by atoms with E-state index >= 15 is 0 Å². The van der Waals surface area contributed by atoms with E-state index in [9.17, 15) is 13.5 Å². The molecule has 5 nitrogen and oxygen atoms in total. The normalized spacial score (nSPS) is 12.5. The molecule has 0 fully saturated rings. The van der Waals surface area contributed by atoms with Gasteiger partial charge in [0.25, 0.3) is 0 Å². The first-order valence-corrected chi connectivity index (χ1v) is 13.0. The lowest BCUT2D eigenvalue weighted by Crippen LogP contribution is -2.29. The van der Waals surface area contributed by atoms with Gasteiger partial charge in [-0.1, -0.05) is 41.9 Å². The zero-order valence-corrected chi connectivity index (χ0v) is 21.5. The van der Waals surface area contributed by atoms with E-state index in [1.165, 1.54) is 6.26 Å². The molecule has 0 atom stereocenters. The molecule has 0 bridgehead atoms. The van der Waals surface area contributed by atoms with E-state index in [-0.39, 0.29) is 10.6 Å². The largest absolute Gasteiger partial charge is 0.384 e. The van der Waals surface area contributed by atoms with Crippen LogP contribution in [0.5, 0.6) is 0 Å². The van der Waals surface area contributed by atoms with E-state index in [1.54, 1.807) is 44.2 Å². The highest BCUT2D eigenvalue weighted by Crippen LogP contribution is 2.33. The standard InChI is InChI=1S/C27H29ClN2O3S/c1-17-13-20(19-9-8-10-21(15-19)34(5,32)33)14-18(2)26(17)30-24(16-25(29)27(3,4)31)22-11-6-7-12-23(22)28/h6-16,29-31H,1-5H3/b24-16-,29-25?. The molecular weight excluding hydrogens is 468 g/mol. The van der Waals surface area contributed by atoms with Crippen LogP contribution in [-0.4, -0.2) is 31.1 Å². The van der Waals surface area contributed by atoms with Gasteiger partial charge >= 0.3 is 0 Å². The zero-order valence-electron chi connectivity index (χ0n) is 19.9. The summed E-state index contributed by atoms with van der Waals surface area (Å²) in [5.74, 6) is 0. The predicted octanol–water partition coefficient (Wildman–Crippen LogP) is 6.27. The molecule has 0 unspecified atom stereocenters. The van der Waals surface area contributed by atoms with Gasteiger partial charge in [-0.05, 0) is 86.4 Å². The summed E-state index contributed by atoms with van der Waals surface area (Å²) in [5, 5.41) is 22.6. The number of aryl methyl sites for hydroxylation is 2. The summed E-state index contributed by atoms with van der Waals surface area (Å²) in [5.41, 5.74) is 4.46. The van der Waals surface area contributed by atoms with Crippen molar-refractivity contribution in [3.05, 3.63) is 88.5 Å². The number of sulfone groups is 1.